The van der Waals surface area contributed by atoms with E-state index >= 15 is 0 Å². The molecule has 1 amide bonds. The second-order valence-corrected chi connectivity index (χ2v) is 13.5. The molecule has 0 heterocycles. The predicted molar refractivity (Wildman–Crippen MR) is 136 cm³/mol. The van der Waals surface area contributed by atoms with Crippen molar-refractivity contribution in [2.45, 2.75) is 59.0 Å². The highest BCUT2D eigenvalue weighted by molar-refractivity contribution is 8.76. The van der Waals surface area contributed by atoms with Crippen LogP contribution in [0.4, 0.5) is 4.79 Å². The molecule has 0 aromatic carbocycles. The number of aliphatic hydroxyl groups excluding tert-OH is 1. The molecule has 2 N–H and O–H groups in total. The number of aliphatic hydroxyl groups is 1. The normalized spacial score (nSPS) is 38.4. The Kier molecular flexibility index (Phi) is 7.89. The van der Waals surface area contributed by atoms with Crippen LogP contribution in [0.1, 0.15) is 52.9 Å². The molecule has 8 heteroatoms. The first-order chi connectivity index (χ1) is 16.2. The minimum atomic E-state index is -0.544. The zero-order valence-electron chi connectivity index (χ0n) is 20.4. The van der Waals surface area contributed by atoms with Crippen molar-refractivity contribution in [3.8, 4) is 0 Å². The highest BCUT2D eigenvalue weighted by Crippen LogP contribution is 2.66. The molecule has 7 unspecified atom stereocenters. The number of hydrogen-bond donors (Lipinski definition) is 2. The van der Waals surface area contributed by atoms with E-state index in [1.54, 1.807) is 33.7 Å². The minimum absolute atomic E-state index is 0.0347. The van der Waals surface area contributed by atoms with Crippen LogP contribution >= 0.6 is 21.6 Å². The summed E-state index contributed by atoms with van der Waals surface area (Å²) in [5.74, 6) is 2.34. The molecule has 0 radical (unpaired) electrons. The van der Waals surface area contributed by atoms with E-state index in [0.29, 0.717) is 24.8 Å². The van der Waals surface area contributed by atoms with E-state index in [1.165, 1.54) is 0 Å². The molecule has 3 saturated carbocycles. The summed E-state index contributed by atoms with van der Waals surface area (Å²) >= 11 is 0. The number of hydrogen-bond acceptors (Lipinski definition) is 7. The van der Waals surface area contributed by atoms with Crippen LogP contribution in [0, 0.1) is 34.5 Å². The van der Waals surface area contributed by atoms with Gasteiger partial charge in [-0.15, -0.1) is 0 Å². The third-order valence-electron chi connectivity index (χ3n) is 8.88. The van der Waals surface area contributed by atoms with Crippen LogP contribution in [-0.4, -0.2) is 53.5 Å². The quantitative estimate of drug-likeness (QED) is 0.367. The Morgan fingerprint density at radius 1 is 1.24 bits per heavy atom. The fourth-order valence-corrected chi connectivity index (χ4v) is 9.05. The smallest absolute Gasteiger partial charge is 0.407 e. The van der Waals surface area contributed by atoms with Gasteiger partial charge in [0.1, 0.15) is 0 Å². The van der Waals surface area contributed by atoms with Crippen molar-refractivity contribution < 1.29 is 24.2 Å². The molecule has 34 heavy (non-hydrogen) atoms. The van der Waals surface area contributed by atoms with Crippen LogP contribution in [0.15, 0.2) is 23.8 Å². The zero-order valence-corrected chi connectivity index (χ0v) is 22.0. The van der Waals surface area contributed by atoms with Gasteiger partial charge in [-0.05, 0) is 61.5 Å². The maximum absolute atomic E-state index is 13.2. The number of ether oxygens (including phenoxy) is 1. The van der Waals surface area contributed by atoms with Gasteiger partial charge in [0.2, 0.25) is 0 Å². The van der Waals surface area contributed by atoms with Crippen molar-refractivity contribution in [3.63, 3.8) is 0 Å². The maximum atomic E-state index is 13.2. The van der Waals surface area contributed by atoms with E-state index in [9.17, 15) is 19.5 Å². The average Bonchev–Trinajstić information content (AvgIpc) is 3.14. The van der Waals surface area contributed by atoms with E-state index in [0.717, 1.165) is 42.8 Å². The predicted octanol–water partition coefficient (Wildman–Crippen LogP) is 4.58. The van der Waals surface area contributed by atoms with Crippen LogP contribution in [-0.2, 0) is 14.3 Å². The zero-order chi connectivity index (χ0) is 24.5. The first-order valence-electron chi connectivity index (χ1n) is 12.5. The highest BCUT2D eigenvalue weighted by atomic mass is 33.1. The Bertz CT molecular complexity index is 888. The Labute approximate surface area is 210 Å². The number of rotatable bonds is 8. The van der Waals surface area contributed by atoms with Crippen molar-refractivity contribution >= 4 is 39.2 Å². The minimum Gasteiger partial charge on any atom is -0.442 e. The van der Waals surface area contributed by atoms with Gasteiger partial charge >= 0.3 is 6.09 Å². The van der Waals surface area contributed by atoms with E-state index in [1.807, 2.05) is 6.08 Å². The average molecular weight is 508 g/mol. The summed E-state index contributed by atoms with van der Waals surface area (Å²) in [6, 6.07) is 0. The largest absolute Gasteiger partial charge is 0.442 e. The van der Waals surface area contributed by atoms with Crippen LogP contribution in [0.25, 0.3) is 0 Å². The second-order valence-electron chi connectivity index (χ2n) is 10.6. The first-order valence-corrected chi connectivity index (χ1v) is 15.0. The molecule has 4 aliphatic carbocycles. The molecular weight excluding hydrogens is 470 g/mol. The van der Waals surface area contributed by atoms with E-state index in [4.69, 9.17) is 4.74 Å². The Balaban J connectivity index is 1.39. The molecule has 188 valence electrons. The molecule has 7 atom stereocenters. The van der Waals surface area contributed by atoms with Gasteiger partial charge < -0.3 is 15.2 Å². The van der Waals surface area contributed by atoms with Crippen molar-refractivity contribution in [1.29, 1.82) is 0 Å². The maximum Gasteiger partial charge on any atom is 0.407 e. The fourth-order valence-electron chi connectivity index (χ4n) is 7.48. The third-order valence-corrected chi connectivity index (χ3v) is 11.4. The molecule has 0 spiro atoms. The molecule has 4 aliphatic rings. The van der Waals surface area contributed by atoms with E-state index < -0.39 is 12.2 Å². The molecule has 0 aliphatic heterocycles. The molecule has 4 rings (SSSR count). The molecule has 0 aromatic heterocycles. The Morgan fingerprint density at radius 2 is 2.03 bits per heavy atom. The summed E-state index contributed by atoms with van der Waals surface area (Å²) in [7, 11) is 3.45. The summed E-state index contributed by atoms with van der Waals surface area (Å²) in [6.07, 6.45) is 8.46. The fraction of sp³-hybridized carbons (Fsp3) is 0.731. The van der Waals surface area contributed by atoms with Gasteiger partial charge in [-0.3, -0.25) is 9.59 Å². The standard InChI is InChI=1S/C26H37NO5S2/c1-4-33-34-12-11-27-24(31)32-15-22(30)20-8-7-19-18-6-5-16-13-17(28)9-10-25(16,2)23(18)21(29)14-26(19,20)3/h9-10,13,18-21,23,29H,4-8,11-12,14-15H2,1-3H3,(H,27,31). The summed E-state index contributed by atoms with van der Waals surface area (Å²) in [6.45, 7) is 6.70. The monoisotopic (exact) mass is 507 g/mol. The molecule has 0 saturated heterocycles. The number of carbonyl (C=O) groups is 3. The van der Waals surface area contributed by atoms with Crippen LogP contribution < -0.4 is 5.32 Å². The topological polar surface area (TPSA) is 92.7 Å². The summed E-state index contributed by atoms with van der Waals surface area (Å²) in [4.78, 5) is 37.1. The molecule has 0 aromatic rings. The van der Waals surface area contributed by atoms with Crippen LogP contribution in [0.2, 0.25) is 0 Å². The van der Waals surface area contributed by atoms with Gasteiger partial charge in [0, 0.05) is 35.3 Å². The molecule has 3 fully saturated rings. The van der Waals surface area contributed by atoms with Crippen molar-refractivity contribution in [2.24, 2.45) is 34.5 Å². The van der Waals surface area contributed by atoms with Gasteiger partial charge in [0.05, 0.1) is 6.10 Å². The molecule has 0 bridgehead atoms. The Hall–Kier alpha value is -1.25. The van der Waals surface area contributed by atoms with Crippen LogP contribution in [0.5, 0.6) is 0 Å². The van der Waals surface area contributed by atoms with Gasteiger partial charge in [-0.25, -0.2) is 4.79 Å². The van der Waals surface area contributed by atoms with Gasteiger partial charge in [0.25, 0.3) is 0 Å². The number of Topliss-reactive ketones (excluding diaryl/α,β-unsaturated/α-hetero) is 1. The first kappa shape index (κ1) is 25.8. The number of nitrogens with one attached hydrogen (secondary N) is 1. The van der Waals surface area contributed by atoms with Gasteiger partial charge in [-0.2, -0.15) is 0 Å². The molecular formula is C26H37NO5S2. The number of alkyl carbamates (subject to hydrolysis) is 1. The van der Waals surface area contributed by atoms with Crippen molar-refractivity contribution in [2.75, 3.05) is 24.7 Å². The summed E-state index contributed by atoms with van der Waals surface area (Å²) < 4.78 is 5.25. The van der Waals surface area contributed by atoms with E-state index in [2.05, 4.69) is 26.1 Å². The lowest BCUT2D eigenvalue weighted by Gasteiger charge is -2.58. The van der Waals surface area contributed by atoms with Crippen molar-refractivity contribution in [1.82, 2.24) is 5.32 Å². The lowest BCUT2D eigenvalue weighted by Crippen LogP contribution is -2.56. The molecule has 6 nitrogen and oxygen atoms in total. The van der Waals surface area contributed by atoms with E-state index in [-0.39, 0.29) is 40.8 Å². The number of amides is 1. The lowest BCUT2D eigenvalue weighted by atomic mass is 9.46. The summed E-state index contributed by atoms with van der Waals surface area (Å²) in [5.41, 5.74) is 0.548. The van der Waals surface area contributed by atoms with Gasteiger partial charge in [-0.1, -0.05) is 54.0 Å². The van der Waals surface area contributed by atoms with Crippen LogP contribution in [0.3, 0.4) is 0 Å². The lowest BCUT2D eigenvalue weighted by molar-refractivity contribution is -0.141. The number of carbonyl (C=O) groups excluding carboxylic acids is 3. The highest BCUT2D eigenvalue weighted by Gasteiger charge is 2.62. The Morgan fingerprint density at radius 3 is 2.79 bits per heavy atom. The van der Waals surface area contributed by atoms with Gasteiger partial charge in [0.15, 0.2) is 18.2 Å². The summed E-state index contributed by atoms with van der Waals surface area (Å²) in [5, 5.41) is 14.1. The second kappa shape index (κ2) is 10.4. The third kappa shape index (κ3) is 4.74. The number of allylic oxidation sites excluding steroid dienone is 4. The number of ketones is 2. The number of fused-ring (bicyclic) bond motifs is 5. The SMILES string of the molecule is CCSSCCNC(=O)OCC(=O)C1CCC2C3CCC4=CC(=O)C=CC4(C)C3C(O)CC12C. The van der Waals surface area contributed by atoms with Crippen molar-refractivity contribution in [3.05, 3.63) is 23.8 Å².